The van der Waals surface area contributed by atoms with Crippen molar-refractivity contribution in [3.05, 3.63) is 0 Å². The fourth-order valence-electron chi connectivity index (χ4n) is 1.38. The average molecular weight is 203 g/mol. The molecule has 0 atom stereocenters. The summed E-state index contributed by atoms with van der Waals surface area (Å²) in [5, 5.41) is 8.59. The molecule has 13 heavy (non-hydrogen) atoms. The number of carbonyl (C=O) groups excluding carboxylic acids is 1. The average Bonchev–Trinajstić information content (AvgIpc) is 2.42. The van der Waals surface area contributed by atoms with Crippen LogP contribution in [0.1, 0.15) is 19.3 Å². The summed E-state index contributed by atoms with van der Waals surface area (Å²) in [6, 6.07) is 0. The van der Waals surface area contributed by atoms with Crippen molar-refractivity contribution < 1.29 is 9.90 Å². The third kappa shape index (κ3) is 4.00. The van der Waals surface area contributed by atoms with E-state index < -0.39 is 0 Å². The molecular formula is C9H17NO2S. The van der Waals surface area contributed by atoms with Crippen LogP contribution in [0.15, 0.2) is 0 Å². The van der Waals surface area contributed by atoms with Gasteiger partial charge in [0.05, 0.1) is 0 Å². The van der Waals surface area contributed by atoms with Crippen LogP contribution in [-0.2, 0) is 4.79 Å². The van der Waals surface area contributed by atoms with Gasteiger partial charge in [0.25, 0.3) is 0 Å². The number of carbonyl (C=O) groups is 1. The number of nitrogens with zero attached hydrogens (tertiary/aromatic N) is 1. The van der Waals surface area contributed by atoms with Crippen molar-refractivity contribution >= 4 is 17.7 Å². The third-order valence-corrected chi connectivity index (χ3v) is 3.17. The Hall–Kier alpha value is -0.220. The monoisotopic (exact) mass is 203 g/mol. The van der Waals surface area contributed by atoms with Gasteiger partial charge in [0.1, 0.15) is 0 Å². The highest BCUT2D eigenvalue weighted by atomic mass is 32.2. The number of aliphatic hydroxyl groups is 1. The van der Waals surface area contributed by atoms with Crippen molar-refractivity contribution in [2.75, 3.05) is 31.2 Å². The van der Waals surface area contributed by atoms with Gasteiger partial charge in [-0.05, 0) is 18.6 Å². The van der Waals surface area contributed by atoms with Gasteiger partial charge in [0, 0.05) is 31.9 Å². The molecule has 1 aliphatic heterocycles. The lowest BCUT2D eigenvalue weighted by Crippen LogP contribution is -2.32. The van der Waals surface area contributed by atoms with Crippen LogP contribution in [-0.4, -0.2) is 47.1 Å². The van der Waals surface area contributed by atoms with E-state index in [1.54, 1.807) is 0 Å². The number of rotatable bonds is 3. The van der Waals surface area contributed by atoms with Gasteiger partial charge in [-0.1, -0.05) is 0 Å². The van der Waals surface area contributed by atoms with E-state index in [2.05, 4.69) is 0 Å². The molecule has 1 rings (SSSR count). The van der Waals surface area contributed by atoms with Crippen LogP contribution < -0.4 is 0 Å². The molecular weight excluding hydrogens is 186 g/mol. The SMILES string of the molecule is O=C(CCCO)N1CCCSCC1. The third-order valence-electron chi connectivity index (χ3n) is 2.12. The number of aliphatic hydroxyl groups excluding tert-OH is 1. The summed E-state index contributed by atoms with van der Waals surface area (Å²) >= 11 is 1.92. The Morgan fingerprint density at radius 3 is 3.00 bits per heavy atom. The van der Waals surface area contributed by atoms with Crippen LogP contribution in [0.5, 0.6) is 0 Å². The van der Waals surface area contributed by atoms with Crippen molar-refractivity contribution in [2.24, 2.45) is 0 Å². The van der Waals surface area contributed by atoms with Crippen LogP contribution in [0, 0.1) is 0 Å². The van der Waals surface area contributed by atoms with Gasteiger partial charge in [-0.15, -0.1) is 0 Å². The predicted molar refractivity (Wildman–Crippen MR) is 54.8 cm³/mol. The molecule has 1 amide bonds. The van der Waals surface area contributed by atoms with E-state index in [0.29, 0.717) is 12.8 Å². The van der Waals surface area contributed by atoms with E-state index in [1.807, 2.05) is 16.7 Å². The first-order valence-electron chi connectivity index (χ1n) is 4.81. The van der Waals surface area contributed by atoms with E-state index in [9.17, 15) is 4.79 Å². The predicted octanol–water partition coefficient (Wildman–Crippen LogP) is 0.724. The maximum Gasteiger partial charge on any atom is 0.222 e. The fraction of sp³-hybridized carbons (Fsp3) is 0.889. The summed E-state index contributed by atoms with van der Waals surface area (Å²) in [5.41, 5.74) is 0. The Morgan fingerprint density at radius 1 is 1.38 bits per heavy atom. The van der Waals surface area contributed by atoms with Crippen LogP contribution >= 0.6 is 11.8 Å². The summed E-state index contributed by atoms with van der Waals surface area (Å²) in [6.07, 6.45) is 2.21. The number of amides is 1. The first kappa shape index (κ1) is 10.9. The minimum Gasteiger partial charge on any atom is -0.396 e. The molecule has 0 aliphatic carbocycles. The molecule has 0 aromatic carbocycles. The number of hydrogen-bond donors (Lipinski definition) is 1. The highest BCUT2D eigenvalue weighted by Gasteiger charge is 2.14. The van der Waals surface area contributed by atoms with Gasteiger partial charge in [-0.2, -0.15) is 11.8 Å². The van der Waals surface area contributed by atoms with Gasteiger partial charge in [0.15, 0.2) is 0 Å². The van der Waals surface area contributed by atoms with Crippen molar-refractivity contribution in [2.45, 2.75) is 19.3 Å². The zero-order valence-corrected chi connectivity index (χ0v) is 8.68. The Labute approximate surface area is 83.5 Å². The van der Waals surface area contributed by atoms with E-state index in [0.717, 1.165) is 25.3 Å². The summed E-state index contributed by atoms with van der Waals surface area (Å²) in [7, 11) is 0. The Morgan fingerprint density at radius 2 is 2.23 bits per heavy atom. The zero-order chi connectivity index (χ0) is 9.52. The molecule has 0 spiro atoms. The van der Waals surface area contributed by atoms with Crippen molar-refractivity contribution in [1.29, 1.82) is 0 Å². The minimum atomic E-state index is 0.119. The summed E-state index contributed by atoms with van der Waals surface area (Å²) in [6.45, 7) is 1.90. The van der Waals surface area contributed by atoms with Crippen LogP contribution in [0.4, 0.5) is 0 Å². The molecule has 0 radical (unpaired) electrons. The summed E-state index contributed by atoms with van der Waals surface area (Å²) in [4.78, 5) is 13.4. The summed E-state index contributed by atoms with van der Waals surface area (Å²) in [5.74, 6) is 2.44. The Bertz CT molecular complexity index is 156. The second kappa shape index (κ2) is 6.27. The molecule has 0 unspecified atom stereocenters. The normalized spacial score (nSPS) is 18.4. The standard InChI is InChI=1S/C9H17NO2S/c11-6-1-3-9(12)10-4-2-7-13-8-5-10/h11H,1-8H2. The zero-order valence-electron chi connectivity index (χ0n) is 7.87. The Balaban J connectivity index is 2.26. The summed E-state index contributed by atoms with van der Waals surface area (Å²) < 4.78 is 0. The lowest BCUT2D eigenvalue weighted by Gasteiger charge is -2.19. The molecule has 0 aromatic heterocycles. The lowest BCUT2D eigenvalue weighted by atomic mass is 10.2. The second-order valence-corrected chi connectivity index (χ2v) is 4.40. The second-order valence-electron chi connectivity index (χ2n) is 3.17. The molecule has 1 N–H and O–H groups in total. The van der Waals surface area contributed by atoms with E-state index in [1.165, 1.54) is 5.75 Å². The van der Waals surface area contributed by atoms with Gasteiger partial charge in [-0.25, -0.2) is 0 Å². The van der Waals surface area contributed by atoms with Gasteiger partial charge in [-0.3, -0.25) is 4.79 Å². The molecule has 1 saturated heterocycles. The number of thioether (sulfide) groups is 1. The van der Waals surface area contributed by atoms with E-state index in [-0.39, 0.29) is 12.5 Å². The van der Waals surface area contributed by atoms with E-state index in [4.69, 9.17) is 5.11 Å². The van der Waals surface area contributed by atoms with Crippen LogP contribution in [0.2, 0.25) is 0 Å². The first-order chi connectivity index (χ1) is 6.34. The maximum atomic E-state index is 11.5. The molecule has 1 fully saturated rings. The topological polar surface area (TPSA) is 40.5 Å². The molecule has 0 saturated carbocycles. The van der Waals surface area contributed by atoms with Crippen molar-refractivity contribution in [3.8, 4) is 0 Å². The molecule has 1 heterocycles. The lowest BCUT2D eigenvalue weighted by molar-refractivity contribution is -0.131. The van der Waals surface area contributed by atoms with E-state index >= 15 is 0 Å². The molecule has 76 valence electrons. The van der Waals surface area contributed by atoms with Crippen molar-refractivity contribution in [3.63, 3.8) is 0 Å². The molecule has 4 heteroatoms. The van der Waals surface area contributed by atoms with Gasteiger partial charge >= 0.3 is 0 Å². The molecule has 3 nitrogen and oxygen atoms in total. The maximum absolute atomic E-state index is 11.5. The van der Waals surface area contributed by atoms with Crippen molar-refractivity contribution in [1.82, 2.24) is 4.90 Å². The molecule has 0 aromatic rings. The highest BCUT2D eigenvalue weighted by Crippen LogP contribution is 2.11. The largest absolute Gasteiger partial charge is 0.396 e. The highest BCUT2D eigenvalue weighted by molar-refractivity contribution is 7.99. The molecule has 0 bridgehead atoms. The quantitative estimate of drug-likeness (QED) is 0.735. The smallest absolute Gasteiger partial charge is 0.222 e. The number of hydrogen-bond acceptors (Lipinski definition) is 3. The van der Waals surface area contributed by atoms with Gasteiger partial charge < -0.3 is 10.0 Å². The fourth-order valence-corrected chi connectivity index (χ4v) is 2.27. The van der Waals surface area contributed by atoms with Crippen LogP contribution in [0.3, 0.4) is 0 Å². The molecule has 1 aliphatic rings. The Kier molecular flexibility index (Phi) is 5.23. The first-order valence-corrected chi connectivity index (χ1v) is 5.96. The minimum absolute atomic E-state index is 0.119. The van der Waals surface area contributed by atoms with Gasteiger partial charge in [0.2, 0.25) is 5.91 Å². The van der Waals surface area contributed by atoms with Crippen LogP contribution in [0.25, 0.3) is 0 Å².